The first kappa shape index (κ1) is 26.3. The van der Waals surface area contributed by atoms with Gasteiger partial charge in [-0.3, -0.25) is 9.59 Å². The van der Waals surface area contributed by atoms with E-state index in [9.17, 15) is 19.2 Å². The first-order valence-electron chi connectivity index (χ1n) is 13.4. The number of fused-ring (bicyclic) bond motifs is 1. The Morgan fingerprint density at radius 3 is 2.62 bits per heavy atom. The number of nitrogens with two attached hydrogens (primary N) is 1. The number of hydrogen-bond acceptors (Lipinski definition) is 8. The number of hydrogen-bond donors (Lipinski definition) is 4. The third-order valence-electron chi connectivity index (χ3n) is 7.75. The van der Waals surface area contributed by atoms with Gasteiger partial charge in [-0.05, 0) is 44.6 Å². The summed E-state index contributed by atoms with van der Waals surface area (Å²) in [5.41, 5.74) is 7.36. The zero-order chi connectivity index (χ0) is 27.5. The molecular weight excluding hydrogens is 501 g/mol. The number of aromatic nitrogens is 4. The first-order chi connectivity index (χ1) is 18.9. The van der Waals surface area contributed by atoms with E-state index in [4.69, 9.17) is 5.73 Å². The van der Waals surface area contributed by atoms with Gasteiger partial charge in [-0.1, -0.05) is 12.8 Å². The number of nitrogens with zero attached hydrogens (tertiary/aromatic N) is 5. The van der Waals surface area contributed by atoms with Gasteiger partial charge in [-0.25, -0.2) is 14.4 Å². The van der Waals surface area contributed by atoms with E-state index < -0.39 is 12.2 Å². The summed E-state index contributed by atoms with van der Waals surface area (Å²) in [6, 6.07) is 4.80. The molecule has 11 nitrogen and oxygen atoms in total. The maximum Gasteiger partial charge on any atom is 0.255 e. The second kappa shape index (κ2) is 11.2. The van der Waals surface area contributed by atoms with Crippen LogP contribution in [0.1, 0.15) is 67.3 Å². The van der Waals surface area contributed by atoms with Crippen LogP contribution in [0, 0.1) is 17.2 Å². The number of anilines is 2. The summed E-state index contributed by atoms with van der Waals surface area (Å²) >= 11 is 0. The summed E-state index contributed by atoms with van der Waals surface area (Å²) in [5.74, 6) is 0.139. The zero-order valence-electron chi connectivity index (χ0n) is 21.8. The van der Waals surface area contributed by atoms with E-state index in [2.05, 4.69) is 31.0 Å². The maximum absolute atomic E-state index is 14.8. The smallest absolute Gasteiger partial charge is 0.255 e. The number of carbonyl (C=O) groups is 2. The quantitative estimate of drug-likeness (QED) is 0.376. The van der Waals surface area contributed by atoms with Gasteiger partial charge in [-0.2, -0.15) is 15.0 Å². The fraction of sp³-hybridized carbons (Fsp3) is 0.481. The lowest BCUT2D eigenvalue weighted by Crippen LogP contribution is -2.41. The molecule has 3 aromatic rings. The van der Waals surface area contributed by atoms with E-state index in [0.717, 1.165) is 12.8 Å². The summed E-state index contributed by atoms with van der Waals surface area (Å²) in [6.07, 6.45) is 7.67. The minimum Gasteiger partial charge on any atom is -0.383 e. The Morgan fingerprint density at radius 2 is 1.90 bits per heavy atom. The first-order valence-corrected chi connectivity index (χ1v) is 13.4. The van der Waals surface area contributed by atoms with Gasteiger partial charge in [0, 0.05) is 36.7 Å². The van der Waals surface area contributed by atoms with Crippen molar-refractivity contribution in [1.82, 2.24) is 30.4 Å². The fourth-order valence-electron chi connectivity index (χ4n) is 5.51. The average molecular weight is 534 g/mol. The lowest BCUT2D eigenvalue weighted by Gasteiger charge is -2.30. The standard InChI is InChI=1S/C27H32FN9O2/c1-31-26(38)15-6-8-18(9-7-15)34-27(39)19-14-32-23(11-22(19)35-21-5-3-2-4-20(21)28)37-25-17(13-33-37)10-16(12-29)24(30)36-25/h10-11,13-15,18,20-21H,2-9H2,1H3,(H2,30,36)(H,31,38)(H,32,35)(H,34,39)/t15-,18-,20-,21-/m0/s1. The van der Waals surface area contributed by atoms with Crippen LogP contribution >= 0.6 is 0 Å². The molecule has 0 spiro atoms. The van der Waals surface area contributed by atoms with Gasteiger partial charge in [0.05, 0.1) is 29.1 Å². The molecule has 2 aliphatic rings. The highest BCUT2D eigenvalue weighted by atomic mass is 19.1. The Hall–Kier alpha value is -4.27. The number of amides is 2. The van der Waals surface area contributed by atoms with Crippen molar-refractivity contribution in [2.45, 2.75) is 69.6 Å². The van der Waals surface area contributed by atoms with Crippen LogP contribution < -0.4 is 21.7 Å². The topological polar surface area (TPSA) is 164 Å². The fourth-order valence-corrected chi connectivity index (χ4v) is 5.51. The van der Waals surface area contributed by atoms with Crippen molar-refractivity contribution in [2.75, 3.05) is 18.1 Å². The third kappa shape index (κ3) is 5.48. The molecule has 2 amide bonds. The number of nitriles is 1. The number of pyridine rings is 2. The largest absolute Gasteiger partial charge is 0.383 e. The van der Waals surface area contributed by atoms with Crippen molar-refractivity contribution in [1.29, 1.82) is 5.26 Å². The van der Waals surface area contributed by atoms with E-state index in [0.29, 0.717) is 66.6 Å². The summed E-state index contributed by atoms with van der Waals surface area (Å²) in [6.45, 7) is 0. The van der Waals surface area contributed by atoms with Crippen LogP contribution in [0.2, 0.25) is 0 Å². The monoisotopic (exact) mass is 533 g/mol. The number of nitrogens with one attached hydrogen (secondary N) is 3. The van der Waals surface area contributed by atoms with Crippen molar-refractivity contribution < 1.29 is 14.0 Å². The third-order valence-corrected chi connectivity index (χ3v) is 7.75. The van der Waals surface area contributed by atoms with Crippen LogP contribution in [-0.4, -0.2) is 56.9 Å². The number of halogens is 1. The van der Waals surface area contributed by atoms with Gasteiger partial charge in [0.1, 0.15) is 18.1 Å². The molecule has 12 heteroatoms. The molecule has 204 valence electrons. The molecule has 0 saturated heterocycles. The predicted molar refractivity (Wildman–Crippen MR) is 144 cm³/mol. The molecule has 2 fully saturated rings. The highest BCUT2D eigenvalue weighted by Crippen LogP contribution is 2.29. The predicted octanol–water partition coefficient (Wildman–Crippen LogP) is 3.00. The summed E-state index contributed by atoms with van der Waals surface area (Å²) < 4.78 is 16.3. The minimum absolute atomic E-state index is 0.0329. The SMILES string of the molecule is CNC(=O)[C@H]1CC[C@H](NC(=O)c2cnc(-n3ncc4cc(C#N)c(N)nc43)cc2N[C@H]2CCCC[C@@H]2F)CC1. The minimum atomic E-state index is -1.03. The number of alkyl halides is 1. The Balaban J connectivity index is 1.43. The van der Waals surface area contributed by atoms with Crippen LogP contribution in [0.3, 0.4) is 0 Å². The van der Waals surface area contributed by atoms with Crippen LogP contribution in [-0.2, 0) is 4.79 Å². The molecule has 3 aromatic heterocycles. The van der Waals surface area contributed by atoms with Gasteiger partial charge in [-0.15, -0.1) is 0 Å². The van der Waals surface area contributed by atoms with Gasteiger partial charge < -0.3 is 21.7 Å². The van der Waals surface area contributed by atoms with Crippen molar-refractivity contribution in [3.05, 3.63) is 35.7 Å². The highest BCUT2D eigenvalue weighted by Gasteiger charge is 2.29. The normalized spacial score (nSPS) is 23.1. The molecule has 0 bridgehead atoms. The second-order valence-electron chi connectivity index (χ2n) is 10.3. The van der Waals surface area contributed by atoms with E-state index in [1.807, 2.05) is 6.07 Å². The Morgan fingerprint density at radius 1 is 1.13 bits per heavy atom. The summed E-state index contributed by atoms with van der Waals surface area (Å²) in [4.78, 5) is 34.2. The Kier molecular flexibility index (Phi) is 7.58. The molecule has 0 aliphatic heterocycles. The van der Waals surface area contributed by atoms with Crippen LogP contribution in [0.5, 0.6) is 0 Å². The number of rotatable bonds is 6. The molecule has 5 N–H and O–H groups in total. The molecule has 5 rings (SSSR count). The van der Waals surface area contributed by atoms with Crippen LogP contribution in [0.15, 0.2) is 24.5 Å². The van der Waals surface area contributed by atoms with E-state index in [1.165, 1.54) is 10.9 Å². The Labute approximate surface area is 225 Å². The van der Waals surface area contributed by atoms with Gasteiger partial charge >= 0.3 is 0 Å². The van der Waals surface area contributed by atoms with Crippen molar-refractivity contribution in [3.8, 4) is 11.9 Å². The molecule has 3 heterocycles. The maximum atomic E-state index is 14.8. The zero-order valence-corrected chi connectivity index (χ0v) is 21.8. The molecule has 2 saturated carbocycles. The van der Waals surface area contributed by atoms with Crippen molar-refractivity contribution in [2.24, 2.45) is 5.92 Å². The summed E-state index contributed by atoms with van der Waals surface area (Å²) in [7, 11) is 1.64. The molecule has 39 heavy (non-hydrogen) atoms. The number of carbonyl (C=O) groups excluding carboxylic acids is 2. The van der Waals surface area contributed by atoms with Crippen molar-refractivity contribution >= 4 is 34.4 Å². The highest BCUT2D eigenvalue weighted by molar-refractivity contribution is 6.00. The van der Waals surface area contributed by atoms with Crippen LogP contribution in [0.4, 0.5) is 15.9 Å². The second-order valence-corrected chi connectivity index (χ2v) is 10.3. The lowest BCUT2D eigenvalue weighted by atomic mass is 9.85. The molecular formula is C27H32FN9O2. The van der Waals surface area contributed by atoms with E-state index >= 15 is 0 Å². The molecule has 0 aromatic carbocycles. The molecule has 0 unspecified atom stereocenters. The van der Waals surface area contributed by atoms with Crippen LogP contribution in [0.25, 0.3) is 16.9 Å². The average Bonchev–Trinajstić information content (AvgIpc) is 3.36. The Bertz CT molecular complexity index is 1420. The van der Waals surface area contributed by atoms with Gasteiger partial charge in [0.2, 0.25) is 5.91 Å². The summed E-state index contributed by atoms with van der Waals surface area (Å²) in [5, 5.41) is 23.3. The van der Waals surface area contributed by atoms with E-state index in [1.54, 1.807) is 25.4 Å². The molecule has 2 atom stereocenters. The molecule has 2 aliphatic carbocycles. The lowest BCUT2D eigenvalue weighted by molar-refractivity contribution is -0.125. The molecule has 0 radical (unpaired) electrons. The van der Waals surface area contributed by atoms with Gasteiger partial charge in [0.15, 0.2) is 11.5 Å². The van der Waals surface area contributed by atoms with E-state index in [-0.39, 0.29) is 35.2 Å². The van der Waals surface area contributed by atoms with Crippen molar-refractivity contribution in [3.63, 3.8) is 0 Å². The van der Waals surface area contributed by atoms with Gasteiger partial charge in [0.25, 0.3) is 5.91 Å². The number of nitrogen functional groups attached to an aromatic ring is 1.